The van der Waals surface area contributed by atoms with E-state index < -0.39 is 16.9 Å². The van der Waals surface area contributed by atoms with Crippen molar-refractivity contribution in [1.29, 1.82) is 10.7 Å². The van der Waals surface area contributed by atoms with Gasteiger partial charge in [0.1, 0.15) is 11.9 Å². The number of halogens is 2. The Morgan fingerprint density at radius 3 is 2.78 bits per heavy atom. The van der Waals surface area contributed by atoms with Crippen LogP contribution in [0.2, 0.25) is 0 Å². The molecular weight excluding hydrogens is 261 g/mol. The largest absolute Gasteiger partial charge is 0.382 e. The third-order valence-corrected chi connectivity index (χ3v) is 2.04. The Kier molecular flexibility index (Phi) is 4.34. The summed E-state index contributed by atoms with van der Waals surface area (Å²) >= 11 is 5.17. The third-order valence-electron chi connectivity index (χ3n) is 1.84. The van der Waals surface area contributed by atoms with Gasteiger partial charge < -0.3 is 5.73 Å². The first kappa shape index (κ1) is 13.6. The van der Waals surface area contributed by atoms with Crippen LogP contribution < -0.4 is 11.2 Å². The van der Waals surface area contributed by atoms with Crippen LogP contribution in [-0.2, 0) is 0 Å². The van der Waals surface area contributed by atoms with Gasteiger partial charge >= 0.3 is 0 Å². The van der Waals surface area contributed by atoms with Crippen molar-refractivity contribution in [1.82, 2.24) is 0 Å². The van der Waals surface area contributed by atoms with Gasteiger partial charge in [0.2, 0.25) is 5.71 Å². The highest BCUT2D eigenvalue weighted by Gasteiger charge is 2.10. The molecule has 4 N–H and O–H groups in total. The van der Waals surface area contributed by atoms with Crippen LogP contribution in [0.5, 0.6) is 0 Å². The molecular formula is C10H7ClFN5O. The van der Waals surface area contributed by atoms with Crippen LogP contribution in [0.15, 0.2) is 23.3 Å². The van der Waals surface area contributed by atoms with Crippen molar-refractivity contribution in [3.63, 3.8) is 0 Å². The average Bonchev–Trinajstić information content (AvgIpc) is 2.31. The van der Waals surface area contributed by atoms with Crippen molar-refractivity contribution in [2.75, 3.05) is 5.43 Å². The van der Waals surface area contributed by atoms with E-state index in [1.165, 1.54) is 6.07 Å². The lowest BCUT2D eigenvalue weighted by molar-refractivity contribution is 0.107. The topological polar surface area (TPSA) is 115 Å². The van der Waals surface area contributed by atoms with Gasteiger partial charge in [0.05, 0.1) is 11.3 Å². The van der Waals surface area contributed by atoms with Crippen LogP contribution in [0.3, 0.4) is 0 Å². The second-order valence-electron chi connectivity index (χ2n) is 3.07. The van der Waals surface area contributed by atoms with Crippen molar-refractivity contribution < 1.29 is 9.18 Å². The van der Waals surface area contributed by atoms with E-state index in [-0.39, 0.29) is 17.0 Å². The van der Waals surface area contributed by atoms with Gasteiger partial charge in [-0.15, -0.1) is 0 Å². The van der Waals surface area contributed by atoms with Crippen LogP contribution >= 0.6 is 11.6 Å². The fourth-order valence-corrected chi connectivity index (χ4v) is 1.16. The minimum Gasteiger partial charge on any atom is -0.382 e. The summed E-state index contributed by atoms with van der Waals surface area (Å²) < 4.78 is 13.1. The fraction of sp³-hybridized carbons (Fsp3) is 0. The predicted molar refractivity (Wildman–Crippen MR) is 65.2 cm³/mol. The smallest absolute Gasteiger partial charge is 0.255 e. The molecule has 0 fully saturated rings. The Morgan fingerprint density at radius 1 is 1.61 bits per heavy atom. The molecule has 0 saturated heterocycles. The van der Waals surface area contributed by atoms with Gasteiger partial charge in [-0.3, -0.25) is 15.6 Å². The number of nitrogens with two attached hydrogens (primary N) is 1. The summed E-state index contributed by atoms with van der Waals surface area (Å²) in [6.07, 6.45) is 0. The molecule has 6 nitrogen and oxygen atoms in total. The summed E-state index contributed by atoms with van der Waals surface area (Å²) in [5, 5.41) is 18.2. The molecule has 1 aromatic rings. The Bertz CT molecular complexity index is 578. The van der Waals surface area contributed by atoms with Gasteiger partial charge in [-0.25, -0.2) is 4.39 Å². The van der Waals surface area contributed by atoms with Crippen molar-refractivity contribution in [3.05, 3.63) is 29.6 Å². The SMILES string of the molecule is N#C/C(=N\Nc1ccc(F)c(C(=O)Cl)c1)C(=N)N. The van der Waals surface area contributed by atoms with Crippen LogP contribution in [0.25, 0.3) is 0 Å². The zero-order chi connectivity index (χ0) is 13.7. The number of hydrogen-bond acceptors (Lipinski definition) is 5. The van der Waals surface area contributed by atoms with Gasteiger partial charge in [-0.05, 0) is 29.8 Å². The second kappa shape index (κ2) is 5.75. The first-order valence-electron chi connectivity index (χ1n) is 4.53. The Balaban J connectivity index is 3.00. The maximum Gasteiger partial charge on any atom is 0.255 e. The molecule has 1 rings (SSSR count). The molecule has 92 valence electrons. The van der Waals surface area contributed by atoms with E-state index in [2.05, 4.69) is 10.5 Å². The number of nitrogens with zero attached hydrogens (tertiary/aromatic N) is 2. The molecule has 0 aliphatic carbocycles. The normalized spacial score (nSPS) is 10.6. The number of hydrazone groups is 1. The summed E-state index contributed by atoms with van der Waals surface area (Å²) in [6.45, 7) is 0. The number of nitriles is 1. The number of benzene rings is 1. The molecule has 0 spiro atoms. The minimum absolute atomic E-state index is 0.231. The van der Waals surface area contributed by atoms with Crippen molar-refractivity contribution in [2.24, 2.45) is 10.8 Å². The Hall–Kier alpha value is -2.46. The molecule has 18 heavy (non-hydrogen) atoms. The molecule has 0 radical (unpaired) electrons. The highest BCUT2D eigenvalue weighted by Crippen LogP contribution is 2.16. The monoisotopic (exact) mass is 267 g/mol. The summed E-state index contributed by atoms with van der Waals surface area (Å²) in [4.78, 5) is 10.9. The molecule has 0 amide bonds. The maximum atomic E-state index is 13.1. The van der Waals surface area contributed by atoms with E-state index in [4.69, 9.17) is 28.0 Å². The van der Waals surface area contributed by atoms with Gasteiger partial charge in [0.25, 0.3) is 5.24 Å². The van der Waals surface area contributed by atoms with E-state index in [1.54, 1.807) is 6.07 Å². The zero-order valence-electron chi connectivity index (χ0n) is 8.87. The highest BCUT2D eigenvalue weighted by atomic mass is 35.5. The minimum atomic E-state index is -0.952. The van der Waals surface area contributed by atoms with Gasteiger partial charge in [-0.1, -0.05) is 0 Å². The molecule has 1 aromatic carbocycles. The zero-order valence-corrected chi connectivity index (χ0v) is 9.62. The molecule has 0 atom stereocenters. The van der Waals surface area contributed by atoms with Crippen LogP contribution in [0, 0.1) is 22.6 Å². The van der Waals surface area contributed by atoms with E-state index in [0.717, 1.165) is 12.1 Å². The summed E-state index contributed by atoms with van der Waals surface area (Å²) in [6, 6.07) is 5.03. The van der Waals surface area contributed by atoms with Gasteiger partial charge in [0.15, 0.2) is 5.84 Å². The van der Waals surface area contributed by atoms with E-state index in [1.807, 2.05) is 0 Å². The summed E-state index contributed by atoms with van der Waals surface area (Å²) in [5.41, 5.74) is 7.01. The van der Waals surface area contributed by atoms with Crippen LogP contribution in [0.4, 0.5) is 10.1 Å². The van der Waals surface area contributed by atoms with E-state index >= 15 is 0 Å². The van der Waals surface area contributed by atoms with Crippen molar-refractivity contribution >= 4 is 34.1 Å². The van der Waals surface area contributed by atoms with E-state index in [0.29, 0.717) is 0 Å². The number of anilines is 1. The fourth-order valence-electron chi connectivity index (χ4n) is 1.01. The molecule has 0 aromatic heterocycles. The van der Waals surface area contributed by atoms with E-state index in [9.17, 15) is 9.18 Å². The number of rotatable bonds is 4. The molecule has 0 aliphatic heterocycles. The van der Waals surface area contributed by atoms with Gasteiger partial charge in [-0.2, -0.15) is 10.4 Å². The standard InChI is InChI=1S/C10H7ClFN5O/c11-9(18)6-3-5(1-2-7(6)12)16-17-8(4-13)10(14)15/h1-3,16H,(H3,14,15)/b17-8+. The number of amidine groups is 1. The van der Waals surface area contributed by atoms with Crippen LogP contribution in [0.1, 0.15) is 10.4 Å². The van der Waals surface area contributed by atoms with Crippen molar-refractivity contribution in [2.45, 2.75) is 0 Å². The van der Waals surface area contributed by atoms with Crippen molar-refractivity contribution in [3.8, 4) is 6.07 Å². The molecule has 0 saturated carbocycles. The lowest BCUT2D eigenvalue weighted by atomic mass is 10.2. The Morgan fingerprint density at radius 2 is 2.28 bits per heavy atom. The number of carbonyl (C=O) groups excluding carboxylic acids is 1. The molecule has 0 aliphatic rings. The highest BCUT2D eigenvalue weighted by molar-refractivity contribution is 6.67. The predicted octanol–water partition coefficient (Wildman–Crippen LogP) is 1.43. The van der Waals surface area contributed by atoms with Gasteiger partial charge in [0, 0.05) is 0 Å². The average molecular weight is 268 g/mol. The summed E-state index contributed by atoms with van der Waals surface area (Å²) in [7, 11) is 0. The quantitative estimate of drug-likeness (QED) is 0.331. The second-order valence-corrected chi connectivity index (χ2v) is 3.41. The lowest BCUT2D eigenvalue weighted by Gasteiger charge is -2.03. The van der Waals surface area contributed by atoms with Crippen LogP contribution in [-0.4, -0.2) is 16.8 Å². The first-order chi connectivity index (χ1) is 8.45. The molecule has 0 unspecified atom stereocenters. The lowest BCUT2D eigenvalue weighted by Crippen LogP contribution is -2.21. The molecule has 8 heteroatoms. The number of hydrogen-bond donors (Lipinski definition) is 3. The number of nitrogens with one attached hydrogen (secondary N) is 2. The first-order valence-corrected chi connectivity index (χ1v) is 4.91. The number of carbonyl (C=O) groups is 1. The third kappa shape index (κ3) is 3.26. The maximum absolute atomic E-state index is 13.1. The molecule has 0 bridgehead atoms. The molecule has 0 heterocycles. The Labute approximate surface area is 106 Å². The summed E-state index contributed by atoms with van der Waals surface area (Å²) in [5.74, 6) is -1.28.